The number of carboxylic acids is 1. The average molecular weight is 600 g/mol. The molecule has 4 aromatic rings. The van der Waals surface area contributed by atoms with E-state index in [0.29, 0.717) is 40.9 Å². The van der Waals surface area contributed by atoms with Gasteiger partial charge in [-0.2, -0.15) is 4.31 Å². The third-order valence-electron chi connectivity index (χ3n) is 8.01. The highest BCUT2D eigenvalue weighted by Gasteiger charge is 2.43. The van der Waals surface area contributed by atoms with Gasteiger partial charge < -0.3 is 9.84 Å². The number of aromatic nitrogens is 4. The molecule has 2 atom stereocenters. The number of carboxylic acid groups (broad SMARTS) is 1. The monoisotopic (exact) mass is 599 g/mol. The SMILES string of the molecule is CCC1CN(Cc2nc(C(c3ccc4c(nnn4CC)c3C)C(C)(C)C(=O)O)sc2C)S(O)(O)c2ccccc2O1. The van der Waals surface area contributed by atoms with E-state index in [2.05, 4.69) is 10.3 Å². The van der Waals surface area contributed by atoms with Crippen molar-refractivity contribution >= 4 is 39.1 Å². The molecule has 0 amide bonds. The van der Waals surface area contributed by atoms with Crippen LogP contribution in [-0.4, -0.2) is 57.1 Å². The Bertz CT molecular complexity index is 1600. The Balaban J connectivity index is 1.58. The van der Waals surface area contributed by atoms with Crippen molar-refractivity contribution in [2.24, 2.45) is 5.41 Å². The first kappa shape index (κ1) is 29.5. The molecule has 2 aromatic heterocycles. The number of ether oxygens (including phenoxy) is 1. The summed E-state index contributed by atoms with van der Waals surface area (Å²) in [5, 5.41) is 19.6. The molecular formula is C29H37N5O5S2. The summed E-state index contributed by atoms with van der Waals surface area (Å²) < 4.78 is 32.5. The van der Waals surface area contributed by atoms with Crippen molar-refractivity contribution in [2.75, 3.05) is 6.54 Å². The van der Waals surface area contributed by atoms with Gasteiger partial charge in [0.1, 0.15) is 27.3 Å². The standard InChI is InChI=1S/C29H37N5O5S2/c1-7-19-15-33(41(37,38)24-12-10-9-11-23(24)39-19)16-21-18(4)40-27(30-21)25(29(5,6)28(35)36)20-13-14-22-26(17(20)3)31-32-34(22)8-2/h9-14,19,25,37-38H,7-8,15-16H2,1-6H3,(H,35,36). The maximum absolute atomic E-state index is 12.6. The summed E-state index contributed by atoms with van der Waals surface area (Å²) in [5.74, 6) is -1.02. The third kappa shape index (κ3) is 5.12. The number of carbonyl (C=O) groups is 1. The van der Waals surface area contributed by atoms with Crippen molar-refractivity contribution in [1.82, 2.24) is 24.3 Å². The van der Waals surface area contributed by atoms with Gasteiger partial charge >= 0.3 is 5.97 Å². The summed E-state index contributed by atoms with van der Waals surface area (Å²) in [5.41, 5.74) is 2.84. The lowest BCUT2D eigenvalue weighted by Gasteiger charge is -2.41. The summed E-state index contributed by atoms with van der Waals surface area (Å²) >= 11 is 1.44. The number of hydrogen-bond donors (Lipinski definition) is 3. The summed E-state index contributed by atoms with van der Waals surface area (Å²) in [4.78, 5) is 18.9. The molecule has 1 aliphatic heterocycles. The van der Waals surface area contributed by atoms with Crippen molar-refractivity contribution in [3.8, 4) is 5.75 Å². The predicted octanol–water partition coefficient (Wildman–Crippen LogP) is 6.46. The van der Waals surface area contributed by atoms with E-state index >= 15 is 0 Å². The lowest BCUT2D eigenvalue weighted by Crippen LogP contribution is -2.34. The molecule has 10 nitrogen and oxygen atoms in total. The van der Waals surface area contributed by atoms with Crippen LogP contribution in [0.2, 0.25) is 0 Å². The van der Waals surface area contributed by atoms with Gasteiger partial charge in [-0.15, -0.1) is 27.2 Å². The second-order valence-corrected chi connectivity index (χ2v) is 14.2. The molecule has 5 rings (SSSR count). The van der Waals surface area contributed by atoms with E-state index in [9.17, 15) is 19.0 Å². The molecule has 0 spiro atoms. The number of hydrogen-bond acceptors (Lipinski definition) is 9. The van der Waals surface area contributed by atoms with E-state index < -0.39 is 28.1 Å². The highest BCUT2D eigenvalue weighted by molar-refractivity contribution is 8.22. The Morgan fingerprint density at radius 3 is 2.61 bits per heavy atom. The van der Waals surface area contributed by atoms with Gasteiger partial charge in [-0.05, 0) is 70.4 Å². The molecule has 3 N–H and O–H groups in total. The van der Waals surface area contributed by atoms with Crippen LogP contribution in [0.4, 0.5) is 0 Å². The van der Waals surface area contributed by atoms with E-state index in [4.69, 9.17) is 9.72 Å². The number of aliphatic carboxylic acids is 1. The minimum absolute atomic E-state index is 0.182. The molecule has 0 saturated carbocycles. The second kappa shape index (κ2) is 11.0. The fraction of sp³-hybridized carbons (Fsp3) is 0.448. The first-order valence-corrected chi connectivity index (χ1v) is 16.0. The topological polar surface area (TPSA) is 134 Å². The molecule has 0 aliphatic carbocycles. The summed E-state index contributed by atoms with van der Waals surface area (Å²) in [6, 6.07) is 10.9. The molecule has 0 fully saturated rings. The number of fused-ring (bicyclic) bond motifs is 2. The van der Waals surface area contributed by atoms with Crippen LogP contribution in [0.3, 0.4) is 0 Å². The van der Waals surface area contributed by atoms with E-state index in [1.165, 1.54) is 11.3 Å². The number of rotatable bonds is 8. The summed E-state index contributed by atoms with van der Waals surface area (Å²) in [6.45, 7) is 12.5. The minimum atomic E-state index is -3.35. The van der Waals surface area contributed by atoms with Crippen LogP contribution in [0.5, 0.6) is 5.75 Å². The fourth-order valence-electron chi connectivity index (χ4n) is 5.40. The Hall–Kier alpha value is -3.03. The van der Waals surface area contributed by atoms with Gasteiger partial charge in [0.15, 0.2) is 0 Å². The maximum atomic E-state index is 12.6. The van der Waals surface area contributed by atoms with Gasteiger partial charge in [0.05, 0.1) is 35.6 Å². The Morgan fingerprint density at radius 2 is 1.93 bits per heavy atom. The van der Waals surface area contributed by atoms with Crippen molar-refractivity contribution < 1.29 is 23.7 Å². The predicted molar refractivity (Wildman–Crippen MR) is 161 cm³/mol. The van der Waals surface area contributed by atoms with Crippen LogP contribution in [0.1, 0.15) is 66.7 Å². The molecule has 41 heavy (non-hydrogen) atoms. The molecule has 220 valence electrons. The zero-order chi connectivity index (χ0) is 29.7. The lowest BCUT2D eigenvalue weighted by atomic mass is 9.74. The Labute approximate surface area is 245 Å². The first-order valence-electron chi connectivity index (χ1n) is 13.7. The molecule has 0 radical (unpaired) electrons. The minimum Gasteiger partial charge on any atom is -0.487 e. The van der Waals surface area contributed by atoms with Crippen molar-refractivity contribution in [3.05, 3.63) is 63.1 Å². The van der Waals surface area contributed by atoms with E-state index in [1.54, 1.807) is 36.4 Å². The second-order valence-electron chi connectivity index (χ2n) is 11.0. The lowest BCUT2D eigenvalue weighted by molar-refractivity contribution is -0.147. The normalized spacial score (nSPS) is 18.9. The molecule has 0 bridgehead atoms. The molecular weight excluding hydrogens is 562 g/mol. The Morgan fingerprint density at radius 1 is 1.20 bits per heavy atom. The zero-order valence-corrected chi connectivity index (χ0v) is 25.8. The molecule has 1 aliphatic rings. The maximum Gasteiger partial charge on any atom is 0.310 e. The third-order valence-corrected chi connectivity index (χ3v) is 11.0. The van der Waals surface area contributed by atoms with Crippen LogP contribution in [0.25, 0.3) is 11.0 Å². The van der Waals surface area contributed by atoms with Crippen LogP contribution in [0.15, 0.2) is 41.3 Å². The van der Waals surface area contributed by atoms with Crippen molar-refractivity contribution in [3.63, 3.8) is 0 Å². The number of para-hydroxylation sites is 1. The quantitative estimate of drug-likeness (QED) is 0.208. The van der Waals surface area contributed by atoms with Gasteiger partial charge in [-0.25, -0.2) is 9.67 Å². The average Bonchev–Trinajstić information content (AvgIpc) is 3.49. The molecule has 0 saturated heterocycles. The smallest absolute Gasteiger partial charge is 0.310 e. The first-order chi connectivity index (χ1) is 19.4. The number of aryl methyl sites for hydroxylation is 3. The van der Waals surface area contributed by atoms with E-state index in [0.717, 1.165) is 27.0 Å². The van der Waals surface area contributed by atoms with E-state index in [-0.39, 0.29) is 12.6 Å². The van der Waals surface area contributed by atoms with Crippen LogP contribution in [0, 0.1) is 19.3 Å². The van der Waals surface area contributed by atoms with Crippen molar-refractivity contribution in [2.45, 2.75) is 78.0 Å². The molecule has 2 unspecified atom stereocenters. The van der Waals surface area contributed by atoms with Crippen LogP contribution in [-0.2, 0) is 17.9 Å². The number of nitrogens with zero attached hydrogens (tertiary/aromatic N) is 5. The van der Waals surface area contributed by atoms with Crippen LogP contribution >= 0.6 is 22.1 Å². The largest absolute Gasteiger partial charge is 0.487 e. The molecule has 2 aromatic carbocycles. The highest BCUT2D eigenvalue weighted by atomic mass is 32.3. The number of thiazole rings is 1. The van der Waals surface area contributed by atoms with Crippen LogP contribution < -0.4 is 4.74 Å². The Kier molecular flexibility index (Phi) is 7.90. The van der Waals surface area contributed by atoms with Crippen molar-refractivity contribution in [1.29, 1.82) is 0 Å². The molecule has 12 heteroatoms. The van der Waals surface area contributed by atoms with Gasteiger partial charge in [-0.3, -0.25) is 13.9 Å². The fourth-order valence-corrected chi connectivity index (χ4v) is 8.24. The number of benzene rings is 2. The highest BCUT2D eigenvalue weighted by Crippen LogP contribution is 2.57. The van der Waals surface area contributed by atoms with Gasteiger partial charge in [0, 0.05) is 11.4 Å². The summed E-state index contributed by atoms with van der Waals surface area (Å²) in [7, 11) is -3.35. The summed E-state index contributed by atoms with van der Waals surface area (Å²) in [6.07, 6.45) is 0.467. The van der Waals surface area contributed by atoms with E-state index in [1.807, 2.05) is 50.6 Å². The zero-order valence-electron chi connectivity index (χ0n) is 24.2. The van der Waals surface area contributed by atoms with Gasteiger partial charge in [0.25, 0.3) is 0 Å². The van der Waals surface area contributed by atoms with Gasteiger partial charge in [0.2, 0.25) is 0 Å². The molecule has 3 heterocycles. The van der Waals surface area contributed by atoms with Gasteiger partial charge in [-0.1, -0.05) is 30.3 Å².